The van der Waals surface area contributed by atoms with Gasteiger partial charge in [-0.2, -0.15) is 0 Å². The molecule has 0 radical (unpaired) electrons. The zero-order valence-electron chi connectivity index (χ0n) is 8.14. The van der Waals surface area contributed by atoms with E-state index in [2.05, 4.69) is 12.2 Å². The predicted octanol–water partition coefficient (Wildman–Crippen LogP) is 1.80. The third kappa shape index (κ3) is 4.07. The Hall–Kier alpha value is -0.0800. The summed E-state index contributed by atoms with van der Waals surface area (Å²) in [6.07, 6.45) is 5.12. The lowest BCUT2D eigenvalue weighted by Gasteiger charge is -2.22. The fourth-order valence-corrected chi connectivity index (χ4v) is 1.67. The molecule has 1 unspecified atom stereocenters. The maximum absolute atomic E-state index is 5.46. The van der Waals surface area contributed by atoms with Crippen molar-refractivity contribution < 1.29 is 4.74 Å². The maximum atomic E-state index is 5.46. The second kappa shape index (κ2) is 6.44. The van der Waals surface area contributed by atoms with Crippen LogP contribution in [0.2, 0.25) is 0 Å². The number of hydrogen-bond acceptors (Lipinski definition) is 2. The molecule has 0 spiro atoms. The Morgan fingerprint density at radius 2 is 2.33 bits per heavy atom. The zero-order chi connectivity index (χ0) is 8.65. The van der Waals surface area contributed by atoms with Crippen LogP contribution in [0.15, 0.2) is 0 Å². The minimum atomic E-state index is 0.871. The van der Waals surface area contributed by atoms with Crippen molar-refractivity contribution in [3.8, 4) is 0 Å². The minimum absolute atomic E-state index is 0.871. The van der Waals surface area contributed by atoms with Crippen LogP contribution in [0.25, 0.3) is 0 Å². The summed E-state index contributed by atoms with van der Waals surface area (Å²) in [6, 6.07) is 0. The summed E-state index contributed by atoms with van der Waals surface area (Å²) in [6.45, 7) is 6.46. The topological polar surface area (TPSA) is 21.3 Å². The highest BCUT2D eigenvalue weighted by atomic mass is 16.5. The van der Waals surface area contributed by atoms with E-state index in [-0.39, 0.29) is 0 Å². The van der Waals surface area contributed by atoms with E-state index < -0.39 is 0 Å². The number of piperidine rings is 1. The van der Waals surface area contributed by atoms with E-state index in [9.17, 15) is 0 Å². The third-order valence-corrected chi connectivity index (χ3v) is 2.42. The van der Waals surface area contributed by atoms with Gasteiger partial charge in [0.1, 0.15) is 0 Å². The molecule has 1 aliphatic rings. The van der Waals surface area contributed by atoms with E-state index >= 15 is 0 Å². The molecule has 0 saturated carbocycles. The average molecular weight is 171 g/mol. The van der Waals surface area contributed by atoms with Gasteiger partial charge in [-0.05, 0) is 44.7 Å². The summed E-state index contributed by atoms with van der Waals surface area (Å²) in [5.74, 6) is 0.871. The molecular formula is C10H21NO. The van der Waals surface area contributed by atoms with Gasteiger partial charge < -0.3 is 10.1 Å². The maximum Gasteiger partial charge on any atom is 0.0469 e. The molecule has 12 heavy (non-hydrogen) atoms. The molecule has 0 aliphatic carbocycles. The lowest BCUT2D eigenvalue weighted by atomic mass is 9.97. The van der Waals surface area contributed by atoms with Crippen LogP contribution in [-0.2, 0) is 4.74 Å². The number of ether oxygens (including phenoxy) is 1. The van der Waals surface area contributed by atoms with Gasteiger partial charge in [-0.3, -0.25) is 0 Å². The van der Waals surface area contributed by atoms with Crippen LogP contribution in [0.1, 0.15) is 32.6 Å². The molecule has 1 saturated heterocycles. The van der Waals surface area contributed by atoms with Crippen LogP contribution >= 0.6 is 0 Å². The molecular weight excluding hydrogens is 150 g/mol. The molecule has 2 heteroatoms. The van der Waals surface area contributed by atoms with Crippen LogP contribution in [0.4, 0.5) is 0 Å². The minimum Gasteiger partial charge on any atom is -0.381 e. The molecule has 1 atom stereocenters. The predicted molar refractivity (Wildman–Crippen MR) is 51.3 cm³/mol. The van der Waals surface area contributed by atoms with Crippen LogP contribution < -0.4 is 5.32 Å². The van der Waals surface area contributed by atoms with E-state index in [0.717, 1.165) is 25.6 Å². The summed E-state index contributed by atoms with van der Waals surface area (Å²) in [5.41, 5.74) is 0. The third-order valence-electron chi connectivity index (χ3n) is 2.42. The first kappa shape index (κ1) is 10.0. The van der Waals surface area contributed by atoms with Crippen LogP contribution in [0, 0.1) is 5.92 Å². The summed E-state index contributed by atoms with van der Waals surface area (Å²) in [7, 11) is 0. The van der Waals surface area contributed by atoms with Crippen LogP contribution in [0.3, 0.4) is 0 Å². The monoisotopic (exact) mass is 171 g/mol. The van der Waals surface area contributed by atoms with Crippen molar-refractivity contribution >= 4 is 0 Å². The molecule has 0 aromatic heterocycles. The SMILES string of the molecule is CCCOCCC1CCCNC1. The molecule has 0 bridgehead atoms. The first-order valence-corrected chi connectivity index (χ1v) is 5.22. The number of hydrogen-bond donors (Lipinski definition) is 1. The van der Waals surface area contributed by atoms with Gasteiger partial charge in [0.25, 0.3) is 0 Å². The largest absolute Gasteiger partial charge is 0.381 e. The van der Waals surface area contributed by atoms with Crippen LogP contribution in [0.5, 0.6) is 0 Å². The Balaban J connectivity index is 1.91. The van der Waals surface area contributed by atoms with Crippen LogP contribution in [-0.4, -0.2) is 26.3 Å². The molecule has 1 N–H and O–H groups in total. The van der Waals surface area contributed by atoms with E-state index in [4.69, 9.17) is 4.74 Å². The zero-order valence-corrected chi connectivity index (χ0v) is 8.14. The first-order chi connectivity index (χ1) is 5.93. The molecule has 0 aromatic rings. The van der Waals surface area contributed by atoms with E-state index in [1.54, 1.807) is 0 Å². The molecule has 1 heterocycles. The molecule has 72 valence electrons. The van der Waals surface area contributed by atoms with Crippen molar-refractivity contribution in [2.45, 2.75) is 32.6 Å². The lowest BCUT2D eigenvalue weighted by Crippen LogP contribution is -2.30. The Bertz CT molecular complexity index is 100. The first-order valence-electron chi connectivity index (χ1n) is 5.22. The van der Waals surface area contributed by atoms with E-state index in [1.807, 2.05) is 0 Å². The van der Waals surface area contributed by atoms with E-state index in [1.165, 1.54) is 32.4 Å². The Kier molecular flexibility index (Phi) is 5.37. The van der Waals surface area contributed by atoms with Crippen molar-refractivity contribution in [1.29, 1.82) is 0 Å². The Labute approximate surface area is 75.7 Å². The second-order valence-corrected chi connectivity index (χ2v) is 3.61. The smallest absolute Gasteiger partial charge is 0.0469 e. The van der Waals surface area contributed by atoms with E-state index in [0.29, 0.717) is 0 Å². The van der Waals surface area contributed by atoms with Gasteiger partial charge in [-0.15, -0.1) is 0 Å². The van der Waals surface area contributed by atoms with Gasteiger partial charge in [-0.1, -0.05) is 6.92 Å². The fourth-order valence-electron chi connectivity index (χ4n) is 1.67. The molecule has 0 aromatic carbocycles. The van der Waals surface area contributed by atoms with Gasteiger partial charge in [0, 0.05) is 13.2 Å². The highest BCUT2D eigenvalue weighted by Crippen LogP contribution is 2.13. The van der Waals surface area contributed by atoms with Gasteiger partial charge >= 0.3 is 0 Å². The lowest BCUT2D eigenvalue weighted by molar-refractivity contribution is 0.116. The standard InChI is InChI=1S/C10H21NO/c1-2-7-12-8-5-10-4-3-6-11-9-10/h10-11H,2-9H2,1H3. The highest BCUT2D eigenvalue weighted by molar-refractivity contribution is 4.68. The quantitative estimate of drug-likeness (QED) is 0.637. The van der Waals surface area contributed by atoms with Crippen molar-refractivity contribution in [1.82, 2.24) is 5.32 Å². The summed E-state index contributed by atoms with van der Waals surface area (Å²) in [5, 5.41) is 3.42. The van der Waals surface area contributed by atoms with Gasteiger partial charge in [0.05, 0.1) is 0 Å². The summed E-state index contributed by atoms with van der Waals surface area (Å²) in [4.78, 5) is 0. The van der Waals surface area contributed by atoms with Crippen molar-refractivity contribution in [3.63, 3.8) is 0 Å². The molecule has 1 fully saturated rings. The summed E-state index contributed by atoms with van der Waals surface area (Å²) < 4.78 is 5.46. The number of rotatable bonds is 5. The molecule has 1 aliphatic heterocycles. The van der Waals surface area contributed by atoms with Crippen molar-refractivity contribution in [2.24, 2.45) is 5.92 Å². The normalized spacial score (nSPS) is 24.2. The highest BCUT2D eigenvalue weighted by Gasteiger charge is 2.11. The number of nitrogens with one attached hydrogen (secondary N) is 1. The van der Waals surface area contributed by atoms with Gasteiger partial charge in [0.15, 0.2) is 0 Å². The van der Waals surface area contributed by atoms with Crippen molar-refractivity contribution in [2.75, 3.05) is 26.3 Å². The fraction of sp³-hybridized carbons (Fsp3) is 1.00. The molecule has 0 amide bonds. The summed E-state index contributed by atoms with van der Waals surface area (Å²) >= 11 is 0. The van der Waals surface area contributed by atoms with Gasteiger partial charge in [-0.25, -0.2) is 0 Å². The average Bonchev–Trinajstić information content (AvgIpc) is 2.14. The molecule has 1 rings (SSSR count). The van der Waals surface area contributed by atoms with Gasteiger partial charge in [0.2, 0.25) is 0 Å². The van der Waals surface area contributed by atoms with Crippen molar-refractivity contribution in [3.05, 3.63) is 0 Å². The second-order valence-electron chi connectivity index (χ2n) is 3.61. The molecule has 2 nitrogen and oxygen atoms in total. The Morgan fingerprint density at radius 1 is 1.42 bits per heavy atom. The Morgan fingerprint density at radius 3 is 3.00 bits per heavy atom.